The molecule has 2 unspecified atom stereocenters. The second-order valence-corrected chi connectivity index (χ2v) is 3.55. The highest BCUT2D eigenvalue weighted by Crippen LogP contribution is 2.33. The summed E-state index contributed by atoms with van der Waals surface area (Å²) in [6, 6.07) is 7.82. The van der Waals surface area contributed by atoms with Gasteiger partial charge < -0.3 is 15.4 Å². The van der Waals surface area contributed by atoms with Crippen molar-refractivity contribution < 1.29 is 9.53 Å². The first-order valence-corrected chi connectivity index (χ1v) is 4.63. The fourth-order valence-corrected chi connectivity index (χ4v) is 2.02. The maximum Gasteiger partial charge on any atom is 0.315 e. The molecular formula is C10H10N2O2. The first kappa shape index (κ1) is 7.67. The van der Waals surface area contributed by atoms with Crippen LogP contribution in [0.15, 0.2) is 24.3 Å². The number of nitrogens with one attached hydrogen (secondary N) is 2. The molecule has 0 radical (unpaired) electrons. The van der Waals surface area contributed by atoms with E-state index >= 15 is 0 Å². The van der Waals surface area contributed by atoms with E-state index in [1.54, 1.807) is 0 Å². The molecule has 2 amide bonds. The maximum absolute atomic E-state index is 11.1. The molecule has 2 aliphatic heterocycles. The molecule has 72 valence electrons. The molecule has 0 spiro atoms. The zero-order valence-corrected chi connectivity index (χ0v) is 7.49. The molecule has 1 aromatic carbocycles. The Labute approximate surface area is 81.3 Å². The molecule has 3 rings (SSSR count). The number of urea groups is 1. The van der Waals surface area contributed by atoms with Crippen molar-refractivity contribution in [3.05, 3.63) is 29.8 Å². The molecule has 1 saturated heterocycles. The molecule has 2 N–H and O–H groups in total. The van der Waals surface area contributed by atoms with Crippen LogP contribution in [0.1, 0.15) is 11.6 Å². The van der Waals surface area contributed by atoms with Crippen LogP contribution in [-0.4, -0.2) is 18.7 Å². The predicted octanol–water partition coefficient (Wildman–Crippen LogP) is 0.801. The van der Waals surface area contributed by atoms with Crippen LogP contribution in [0.25, 0.3) is 0 Å². The summed E-state index contributed by atoms with van der Waals surface area (Å²) in [6.45, 7) is 0.542. The fraction of sp³-hybridized carbons (Fsp3) is 0.300. The highest BCUT2D eigenvalue weighted by molar-refractivity contribution is 5.78. The first-order valence-electron chi connectivity index (χ1n) is 4.63. The molecular weight excluding hydrogens is 180 g/mol. The Kier molecular flexibility index (Phi) is 1.45. The second kappa shape index (κ2) is 2.64. The van der Waals surface area contributed by atoms with Gasteiger partial charge in [-0.3, -0.25) is 0 Å². The Morgan fingerprint density at radius 1 is 1.29 bits per heavy atom. The number of carbonyl (C=O) groups excluding carboxylic acids is 1. The lowest BCUT2D eigenvalue weighted by Gasteiger charge is -2.26. The van der Waals surface area contributed by atoms with Gasteiger partial charge in [-0.05, 0) is 6.07 Å². The Bertz CT molecular complexity index is 391. The lowest BCUT2D eigenvalue weighted by molar-refractivity contribution is 0.232. The number of rotatable bonds is 0. The number of benzene rings is 1. The van der Waals surface area contributed by atoms with Crippen molar-refractivity contribution in [3.8, 4) is 5.75 Å². The molecule has 2 heterocycles. The third-order valence-corrected chi connectivity index (χ3v) is 2.68. The van der Waals surface area contributed by atoms with E-state index in [0.717, 1.165) is 11.3 Å². The van der Waals surface area contributed by atoms with Gasteiger partial charge in [-0.2, -0.15) is 0 Å². The van der Waals surface area contributed by atoms with Gasteiger partial charge in [-0.15, -0.1) is 0 Å². The van der Waals surface area contributed by atoms with Crippen LogP contribution in [0.2, 0.25) is 0 Å². The number of para-hydroxylation sites is 1. The number of hydrogen-bond donors (Lipinski definition) is 2. The summed E-state index contributed by atoms with van der Waals surface area (Å²) in [5, 5.41) is 5.70. The van der Waals surface area contributed by atoms with Crippen molar-refractivity contribution in [3.63, 3.8) is 0 Å². The van der Waals surface area contributed by atoms with Gasteiger partial charge in [0.2, 0.25) is 0 Å². The quantitative estimate of drug-likeness (QED) is 0.635. The standard InChI is InChI=1S/C10H10N2O2/c13-10-11-7-5-14-8-4-2-1-3-6(8)9(7)12-10/h1-4,7,9H,5H2,(H2,11,12,13). The zero-order valence-electron chi connectivity index (χ0n) is 7.49. The van der Waals surface area contributed by atoms with Crippen LogP contribution in [0.4, 0.5) is 4.79 Å². The molecule has 0 aliphatic carbocycles. The van der Waals surface area contributed by atoms with Crippen molar-refractivity contribution in [2.24, 2.45) is 0 Å². The number of hydrogen-bond acceptors (Lipinski definition) is 2. The van der Waals surface area contributed by atoms with Crippen LogP contribution in [0.3, 0.4) is 0 Å². The van der Waals surface area contributed by atoms with E-state index in [0.29, 0.717) is 6.61 Å². The lowest BCUT2D eigenvalue weighted by atomic mass is 9.98. The average Bonchev–Trinajstić information content (AvgIpc) is 2.59. The molecule has 2 aliphatic rings. The van der Waals surface area contributed by atoms with E-state index in [9.17, 15) is 4.79 Å². The molecule has 1 fully saturated rings. The van der Waals surface area contributed by atoms with Gasteiger partial charge in [0.25, 0.3) is 0 Å². The summed E-state index contributed by atoms with van der Waals surface area (Å²) in [5.41, 5.74) is 1.06. The Morgan fingerprint density at radius 3 is 3.07 bits per heavy atom. The average molecular weight is 190 g/mol. The van der Waals surface area contributed by atoms with Crippen molar-refractivity contribution in [1.29, 1.82) is 0 Å². The highest BCUT2D eigenvalue weighted by Gasteiger charge is 2.37. The van der Waals surface area contributed by atoms with Crippen LogP contribution in [-0.2, 0) is 0 Å². The van der Waals surface area contributed by atoms with Crippen LogP contribution >= 0.6 is 0 Å². The SMILES string of the molecule is O=C1NC2COc3ccccc3C2N1. The van der Waals surface area contributed by atoms with E-state index in [1.165, 1.54) is 0 Å². The van der Waals surface area contributed by atoms with Crippen molar-refractivity contribution in [1.82, 2.24) is 10.6 Å². The van der Waals surface area contributed by atoms with Crippen LogP contribution in [0, 0.1) is 0 Å². The molecule has 2 atom stereocenters. The minimum absolute atomic E-state index is 0.0625. The molecule has 1 aromatic rings. The van der Waals surface area contributed by atoms with Crippen molar-refractivity contribution >= 4 is 6.03 Å². The van der Waals surface area contributed by atoms with Crippen molar-refractivity contribution in [2.45, 2.75) is 12.1 Å². The molecule has 0 saturated carbocycles. The van der Waals surface area contributed by atoms with Gasteiger partial charge in [0.15, 0.2) is 0 Å². The smallest absolute Gasteiger partial charge is 0.315 e. The fourth-order valence-electron chi connectivity index (χ4n) is 2.02. The van der Waals surface area contributed by atoms with Crippen LogP contribution < -0.4 is 15.4 Å². The Balaban J connectivity index is 2.05. The molecule has 4 heteroatoms. The number of amides is 2. The number of fused-ring (bicyclic) bond motifs is 3. The third kappa shape index (κ3) is 0.968. The number of carbonyl (C=O) groups is 1. The van der Waals surface area contributed by atoms with Crippen LogP contribution in [0.5, 0.6) is 5.75 Å². The van der Waals surface area contributed by atoms with Gasteiger partial charge in [0.1, 0.15) is 12.4 Å². The van der Waals surface area contributed by atoms with Gasteiger partial charge in [-0.25, -0.2) is 4.79 Å². The normalized spacial score (nSPS) is 28.1. The van der Waals surface area contributed by atoms with Gasteiger partial charge in [0, 0.05) is 5.56 Å². The Hall–Kier alpha value is -1.71. The minimum Gasteiger partial charge on any atom is -0.491 e. The molecule has 0 bridgehead atoms. The van der Waals surface area contributed by atoms with E-state index in [4.69, 9.17) is 4.74 Å². The lowest BCUT2D eigenvalue weighted by Crippen LogP contribution is -2.37. The summed E-state index contributed by atoms with van der Waals surface area (Å²) in [4.78, 5) is 11.1. The summed E-state index contributed by atoms with van der Waals surface area (Å²) in [7, 11) is 0. The summed E-state index contributed by atoms with van der Waals surface area (Å²) < 4.78 is 5.53. The monoisotopic (exact) mass is 190 g/mol. The van der Waals surface area contributed by atoms with Gasteiger partial charge >= 0.3 is 6.03 Å². The maximum atomic E-state index is 11.1. The second-order valence-electron chi connectivity index (χ2n) is 3.55. The van der Waals surface area contributed by atoms with E-state index < -0.39 is 0 Å². The summed E-state index contributed by atoms with van der Waals surface area (Å²) >= 11 is 0. The Morgan fingerprint density at radius 2 is 2.14 bits per heavy atom. The van der Waals surface area contributed by atoms with Gasteiger partial charge in [0.05, 0.1) is 12.1 Å². The predicted molar refractivity (Wildman–Crippen MR) is 50.1 cm³/mol. The molecule has 0 aromatic heterocycles. The first-order chi connectivity index (χ1) is 6.84. The summed E-state index contributed by atoms with van der Waals surface area (Å²) in [6.07, 6.45) is 0. The van der Waals surface area contributed by atoms with Gasteiger partial charge in [-0.1, -0.05) is 18.2 Å². The molecule has 14 heavy (non-hydrogen) atoms. The minimum atomic E-state index is -0.111. The van der Waals surface area contributed by atoms with E-state index in [2.05, 4.69) is 10.6 Å². The summed E-state index contributed by atoms with van der Waals surface area (Å²) in [5.74, 6) is 0.873. The highest BCUT2D eigenvalue weighted by atomic mass is 16.5. The molecule has 4 nitrogen and oxygen atoms in total. The van der Waals surface area contributed by atoms with E-state index in [1.807, 2.05) is 24.3 Å². The van der Waals surface area contributed by atoms with Crippen molar-refractivity contribution in [2.75, 3.05) is 6.61 Å². The van der Waals surface area contributed by atoms with E-state index in [-0.39, 0.29) is 18.1 Å². The zero-order chi connectivity index (χ0) is 9.54. The third-order valence-electron chi connectivity index (χ3n) is 2.68. The topological polar surface area (TPSA) is 50.4 Å². The number of ether oxygens (including phenoxy) is 1. The largest absolute Gasteiger partial charge is 0.491 e.